The van der Waals surface area contributed by atoms with Crippen molar-refractivity contribution in [1.29, 1.82) is 0 Å². The maximum atomic E-state index is 13.4. The number of furan rings is 1. The molecule has 5 aromatic rings. The molecular formula is C34H24ClN3O6. The number of nitro benzene ring substituents is 1. The molecule has 2 N–H and O–H groups in total. The summed E-state index contributed by atoms with van der Waals surface area (Å²) in [6, 6.07) is 29.5. The van der Waals surface area contributed by atoms with Crippen molar-refractivity contribution < 1.29 is 23.7 Å². The third-order valence-corrected chi connectivity index (χ3v) is 6.76. The molecule has 2 amide bonds. The molecule has 44 heavy (non-hydrogen) atoms. The summed E-state index contributed by atoms with van der Waals surface area (Å²) in [5.41, 5.74) is 2.66. The van der Waals surface area contributed by atoms with Crippen LogP contribution >= 0.6 is 11.6 Å². The van der Waals surface area contributed by atoms with Gasteiger partial charge in [-0.3, -0.25) is 24.5 Å². The molecule has 0 unspecified atom stereocenters. The average Bonchev–Trinajstić information content (AvgIpc) is 3.51. The van der Waals surface area contributed by atoms with Crippen molar-refractivity contribution >= 4 is 52.3 Å². The van der Waals surface area contributed by atoms with E-state index in [1.807, 2.05) is 0 Å². The number of non-ortho nitro benzene ring substituents is 1. The summed E-state index contributed by atoms with van der Waals surface area (Å²) in [6.07, 6.45) is 2.84. The van der Waals surface area contributed by atoms with Crippen LogP contribution in [0.25, 0.3) is 17.4 Å². The van der Waals surface area contributed by atoms with Crippen LogP contribution in [-0.4, -0.2) is 22.5 Å². The largest absolute Gasteiger partial charge is 0.457 e. The quantitative estimate of drug-likeness (QED) is 0.0730. The SMILES string of the molecule is O=C(/C=C/c1ccc(-c2ccc([N+](=O)[O-])cc2)o1)Nc1ccc(NC(=O)Cc2ccc(Cl)cc2)c(C(=O)c2ccccc2)c1. The molecule has 0 radical (unpaired) electrons. The normalized spacial score (nSPS) is 10.8. The molecule has 0 fully saturated rings. The van der Waals surface area contributed by atoms with Gasteiger partial charge in [-0.25, -0.2) is 0 Å². The summed E-state index contributed by atoms with van der Waals surface area (Å²) < 4.78 is 5.74. The molecule has 0 aliphatic heterocycles. The van der Waals surface area contributed by atoms with Gasteiger partial charge in [0.1, 0.15) is 11.5 Å². The number of rotatable bonds is 10. The third kappa shape index (κ3) is 7.53. The minimum Gasteiger partial charge on any atom is -0.457 e. The lowest BCUT2D eigenvalue weighted by Crippen LogP contribution is -2.18. The first-order chi connectivity index (χ1) is 21.2. The Balaban J connectivity index is 1.30. The summed E-state index contributed by atoms with van der Waals surface area (Å²) >= 11 is 5.94. The van der Waals surface area contributed by atoms with E-state index in [9.17, 15) is 24.5 Å². The first kappa shape index (κ1) is 29.7. The highest BCUT2D eigenvalue weighted by Crippen LogP contribution is 2.26. The van der Waals surface area contributed by atoms with Crippen LogP contribution in [0.2, 0.25) is 5.02 Å². The molecule has 0 bridgehead atoms. The van der Waals surface area contributed by atoms with E-state index in [2.05, 4.69) is 10.6 Å². The number of carbonyl (C=O) groups excluding carboxylic acids is 3. The maximum Gasteiger partial charge on any atom is 0.269 e. The summed E-state index contributed by atoms with van der Waals surface area (Å²) in [5, 5.41) is 17.0. The van der Waals surface area contributed by atoms with Crippen molar-refractivity contribution in [3.8, 4) is 11.3 Å². The van der Waals surface area contributed by atoms with Crippen LogP contribution < -0.4 is 10.6 Å². The molecule has 9 nitrogen and oxygen atoms in total. The third-order valence-electron chi connectivity index (χ3n) is 6.51. The number of carbonyl (C=O) groups is 3. The van der Waals surface area contributed by atoms with Gasteiger partial charge in [-0.05, 0) is 66.2 Å². The van der Waals surface area contributed by atoms with Crippen LogP contribution in [0.5, 0.6) is 0 Å². The van der Waals surface area contributed by atoms with Gasteiger partial charge in [-0.15, -0.1) is 0 Å². The molecular weight excluding hydrogens is 582 g/mol. The van der Waals surface area contributed by atoms with Crippen LogP contribution in [0.1, 0.15) is 27.2 Å². The average molecular weight is 606 g/mol. The summed E-state index contributed by atoms with van der Waals surface area (Å²) in [7, 11) is 0. The second kappa shape index (κ2) is 13.5. The summed E-state index contributed by atoms with van der Waals surface area (Å²) in [4.78, 5) is 49.4. The van der Waals surface area contributed by atoms with Crippen molar-refractivity contribution in [2.75, 3.05) is 10.6 Å². The number of ketones is 1. The Bertz CT molecular complexity index is 1860. The number of benzene rings is 4. The highest BCUT2D eigenvalue weighted by Gasteiger charge is 2.17. The molecule has 0 spiro atoms. The van der Waals surface area contributed by atoms with Gasteiger partial charge in [0.05, 0.1) is 17.0 Å². The molecule has 10 heteroatoms. The summed E-state index contributed by atoms with van der Waals surface area (Å²) in [6.45, 7) is 0. The minimum atomic E-state index is -0.480. The van der Waals surface area contributed by atoms with Gasteiger partial charge in [0.25, 0.3) is 5.69 Å². The Morgan fingerprint density at radius 2 is 1.57 bits per heavy atom. The van der Waals surface area contributed by atoms with Gasteiger partial charge < -0.3 is 15.1 Å². The van der Waals surface area contributed by atoms with E-state index in [1.165, 1.54) is 30.4 Å². The molecule has 0 saturated carbocycles. The number of nitrogens with one attached hydrogen (secondary N) is 2. The maximum absolute atomic E-state index is 13.4. The van der Waals surface area contributed by atoms with Crippen LogP contribution in [-0.2, 0) is 16.0 Å². The van der Waals surface area contributed by atoms with Gasteiger partial charge in [-0.2, -0.15) is 0 Å². The van der Waals surface area contributed by atoms with Crippen molar-refractivity contribution in [3.05, 3.63) is 153 Å². The fraction of sp³-hybridized carbons (Fsp3) is 0.0294. The zero-order valence-electron chi connectivity index (χ0n) is 23.0. The predicted octanol–water partition coefficient (Wildman–Crippen LogP) is 7.57. The van der Waals surface area contributed by atoms with Crippen LogP contribution in [0.3, 0.4) is 0 Å². The molecule has 0 saturated heterocycles. The molecule has 0 aliphatic rings. The molecule has 1 aromatic heterocycles. The number of hydrogen-bond acceptors (Lipinski definition) is 6. The monoisotopic (exact) mass is 605 g/mol. The second-order valence-corrected chi connectivity index (χ2v) is 10.1. The van der Waals surface area contributed by atoms with Crippen LogP contribution in [0.4, 0.5) is 17.1 Å². The van der Waals surface area contributed by atoms with Crippen molar-refractivity contribution in [2.24, 2.45) is 0 Å². The Labute approximate surface area is 256 Å². The first-order valence-electron chi connectivity index (χ1n) is 13.4. The lowest BCUT2D eigenvalue weighted by atomic mass is 10.0. The predicted molar refractivity (Wildman–Crippen MR) is 169 cm³/mol. The summed E-state index contributed by atoms with van der Waals surface area (Å²) in [5.74, 6) is -0.241. The van der Waals surface area contributed by atoms with E-state index in [1.54, 1.807) is 91.0 Å². The minimum absolute atomic E-state index is 0.0286. The zero-order valence-corrected chi connectivity index (χ0v) is 23.8. The molecule has 4 aromatic carbocycles. The van der Waals surface area contributed by atoms with Gasteiger partial charge >= 0.3 is 0 Å². The number of amides is 2. The standard InChI is InChI=1S/C34H24ClN3O6/c35-25-10-6-22(7-11-25)20-33(40)37-30-17-12-26(21-29(30)34(41)24-4-2-1-3-5-24)36-32(39)19-16-28-15-18-31(44-28)23-8-13-27(14-9-23)38(42)43/h1-19,21H,20H2,(H,36,39)(H,37,40)/b19-16+. The van der Waals surface area contributed by atoms with Crippen molar-refractivity contribution in [1.82, 2.24) is 0 Å². The van der Waals surface area contributed by atoms with Crippen molar-refractivity contribution in [3.63, 3.8) is 0 Å². The smallest absolute Gasteiger partial charge is 0.269 e. The van der Waals surface area contributed by atoms with E-state index >= 15 is 0 Å². The topological polar surface area (TPSA) is 132 Å². The Morgan fingerprint density at radius 1 is 0.841 bits per heavy atom. The number of nitrogens with zero attached hydrogens (tertiary/aromatic N) is 1. The Kier molecular flexibility index (Phi) is 9.07. The van der Waals surface area contributed by atoms with E-state index in [4.69, 9.17) is 16.0 Å². The fourth-order valence-corrected chi connectivity index (χ4v) is 4.46. The van der Waals surface area contributed by atoms with Crippen LogP contribution in [0, 0.1) is 10.1 Å². The molecule has 0 aliphatic carbocycles. The highest BCUT2D eigenvalue weighted by atomic mass is 35.5. The lowest BCUT2D eigenvalue weighted by Gasteiger charge is -2.13. The lowest BCUT2D eigenvalue weighted by molar-refractivity contribution is -0.384. The van der Waals surface area contributed by atoms with Crippen molar-refractivity contribution in [2.45, 2.75) is 6.42 Å². The van der Waals surface area contributed by atoms with E-state index in [0.717, 1.165) is 5.56 Å². The second-order valence-electron chi connectivity index (χ2n) is 9.64. The van der Waals surface area contributed by atoms with Crippen LogP contribution in [0.15, 0.2) is 120 Å². The van der Waals surface area contributed by atoms with E-state index < -0.39 is 10.8 Å². The molecule has 5 rings (SSSR count). The zero-order chi connectivity index (χ0) is 31.1. The Hall–Kier alpha value is -5.80. The molecule has 1 heterocycles. The number of nitro groups is 1. The van der Waals surface area contributed by atoms with Gasteiger partial charge in [-0.1, -0.05) is 54.1 Å². The van der Waals surface area contributed by atoms with E-state index in [0.29, 0.717) is 39.0 Å². The molecule has 0 atom stereocenters. The van der Waals surface area contributed by atoms with Gasteiger partial charge in [0.15, 0.2) is 5.78 Å². The first-order valence-corrected chi connectivity index (χ1v) is 13.7. The highest BCUT2D eigenvalue weighted by molar-refractivity contribution is 6.30. The van der Waals surface area contributed by atoms with Gasteiger partial charge in [0, 0.05) is 45.6 Å². The number of anilines is 2. The number of halogens is 1. The van der Waals surface area contributed by atoms with E-state index in [-0.39, 0.29) is 29.4 Å². The Morgan fingerprint density at radius 3 is 2.27 bits per heavy atom. The fourth-order valence-electron chi connectivity index (χ4n) is 4.33. The number of hydrogen-bond donors (Lipinski definition) is 2. The van der Waals surface area contributed by atoms with Gasteiger partial charge in [0.2, 0.25) is 11.8 Å². The molecule has 218 valence electrons.